The summed E-state index contributed by atoms with van der Waals surface area (Å²) in [6.07, 6.45) is 0. The lowest BCUT2D eigenvalue weighted by Gasteiger charge is -2.38. The van der Waals surface area contributed by atoms with Crippen molar-refractivity contribution in [3.63, 3.8) is 0 Å². The minimum Gasteiger partial charge on any atom is -0.383 e. The first kappa shape index (κ1) is 25.6. The number of hydrogen-bond donors (Lipinski definition) is 2. The molecule has 0 spiro atoms. The number of nitrogens with zero attached hydrogens (tertiary/aromatic N) is 2. The second kappa shape index (κ2) is 12.2. The smallest absolute Gasteiger partial charge is 0.247 e. The van der Waals surface area contributed by atoms with Gasteiger partial charge in [-0.1, -0.05) is 30.3 Å². The summed E-state index contributed by atoms with van der Waals surface area (Å²) in [6.45, 7) is 5.57. The largest absolute Gasteiger partial charge is 0.383 e. The molecule has 1 saturated heterocycles. The van der Waals surface area contributed by atoms with E-state index in [-0.39, 0.29) is 36.6 Å². The van der Waals surface area contributed by atoms with Crippen LogP contribution in [0.25, 0.3) is 0 Å². The molecule has 1 aliphatic heterocycles. The maximum Gasteiger partial charge on any atom is 0.247 e. The Balaban J connectivity index is 0.00000338. The molecule has 0 radical (unpaired) electrons. The van der Waals surface area contributed by atoms with Crippen LogP contribution in [0.3, 0.4) is 0 Å². The van der Waals surface area contributed by atoms with Gasteiger partial charge in [-0.2, -0.15) is 0 Å². The molecular weight excluding hydrogens is 391 g/mol. The van der Waals surface area contributed by atoms with Gasteiger partial charge < -0.3 is 20.7 Å². The zero-order valence-electron chi connectivity index (χ0n) is 15.8. The Kier molecular flexibility index (Phi) is 11.5. The minimum atomic E-state index is -1.04. The van der Waals surface area contributed by atoms with E-state index >= 15 is 0 Å². The number of benzene rings is 1. The average Bonchev–Trinajstić information content (AvgIpc) is 2.62. The molecule has 1 atom stereocenters. The van der Waals surface area contributed by atoms with Crippen LogP contribution in [0.5, 0.6) is 0 Å². The summed E-state index contributed by atoms with van der Waals surface area (Å²) < 4.78 is 4.91. The molecule has 0 saturated carbocycles. The Morgan fingerprint density at radius 2 is 1.74 bits per heavy atom. The second-order valence-corrected chi connectivity index (χ2v) is 6.48. The summed E-state index contributed by atoms with van der Waals surface area (Å²) in [5.41, 5.74) is 6.08. The Morgan fingerprint density at radius 3 is 2.30 bits per heavy atom. The molecule has 1 heterocycles. The number of methoxy groups -OCH3 is 1. The summed E-state index contributed by atoms with van der Waals surface area (Å²) in [5.74, 6) is -0.104. The van der Waals surface area contributed by atoms with E-state index in [1.165, 1.54) is 0 Å². The third-order valence-corrected chi connectivity index (χ3v) is 4.47. The third kappa shape index (κ3) is 7.27. The molecule has 2 rings (SSSR count). The van der Waals surface area contributed by atoms with Gasteiger partial charge in [-0.3, -0.25) is 14.5 Å². The number of carbonyl (C=O) groups excluding carboxylic acids is 2. The van der Waals surface area contributed by atoms with Crippen LogP contribution in [0.4, 0.5) is 0 Å². The third-order valence-electron chi connectivity index (χ3n) is 4.47. The number of amides is 2. The molecule has 154 valence electrons. The zero-order chi connectivity index (χ0) is 18.3. The molecule has 2 amide bonds. The van der Waals surface area contributed by atoms with Gasteiger partial charge in [-0.05, 0) is 12.5 Å². The number of halogens is 2. The highest BCUT2D eigenvalue weighted by atomic mass is 35.5. The van der Waals surface area contributed by atoms with E-state index in [0.717, 1.165) is 5.56 Å². The summed E-state index contributed by atoms with van der Waals surface area (Å²) in [4.78, 5) is 28.5. The van der Waals surface area contributed by atoms with E-state index in [1.807, 2.05) is 35.2 Å². The quantitative estimate of drug-likeness (QED) is 0.630. The zero-order valence-corrected chi connectivity index (χ0v) is 17.5. The number of piperazine rings is 1. The fourth-order valence-corrected chi connectivity index (χ4v) is 2.90. The van der Waals surface area contributed by atoms with Gasteiger partial charge >= 0.3 is 0 Å². The predicted molar refractivity (Wildman–Crippen MR) is 110 cm³/mol. The Labute approximate surface area is 173 Å². The van der Waals surface area contributed by atoms with Crippen molar-refractivity contribution >= 4 is 36.6 Å². The van der Waals surface area contributed by atoms with Crippen LogP contribution in [0, 0.1) is 0 Å². The van der Waals surface area contributed by atoms with Gasteiger partial charge in [0.25, 0.3) is 0 Å². The highest BCUT2D eigenvalue weighted by Gasteiger charge is 2.35. The molecule has 0 aromatic heterocycles. The first-order valence-electron chi connectivity index (χ1n) is 8.57. The number of ether oxygens (including phenoxy) is 1. The lowest BCUT2D eigenvalue weighted by atomic mass is 9.91. The molecule has 1 aromatic carbocycles. The van der Waals surface area contributed by atoms with Crippen LogP contribution in [-0.4, -0.2) is 74.6 Å². The second-order valence-electron chi connectivity index (χ2n) is 6.48. The molecule has 0 aliphatic carbocycles. The van der Waals surface area contributed by atoms with Crippen LogP contribution in [0.2, 0.25) is 0 Å². The topological polar surface area (TPSA) is 87.9 Å². The van der Waals surface area contributed by atoms with Gasteiger partial charge in [0.1, 0.15) is 5.54 Å². The van der Waals surface area contributed by atoms with Crippen LogP contribution in [0.15, 0.2) is 30.3 Å². The van der Waals surface area contributed by atoms with E-state index < -0.39 is 5.54 Å². The summed E-state index contributed by atoms with van der Waals surface area (Å²) in [6, 6.07) is 9.42. The maximum atomic E-state index is 12.8. The summed E-state index contributed by atoms with van der Waals surface area (Å²) in [5, 5.41) is 2.80. The average molecular weight is 421 g/mol. The highest BCUT2D eigenvalue weighted by Crippen LogP contribution is 2.21. The van der Waals surface area contributed by atoms with E-state index in [1.54, 1.807) is 18.9 Å². The molecule has 9 heteroatoms. The Bertz CT molecular complexity index is 579. The molecule has 3 N–H and O–H groups in total. The molecule has 0 bridgehead atoms. The normalized spacial score (nSPS) is 16.5. The Hall–Kier alpha value is -1.38. The van der Waals surface area contributed by atoms with E-state index in [4.69, 9.17) is 10.5 Å². The lowest BCUT2D eigenvalue weighted by molar-refractivity contribution is -0.138. The van der Waals surface area contributed by atoms with Gasteiger partial charge in [-0.25, -0.2) is 0 Å². The van der Waals surface area contributed by atoms with Crippen molar-refractivity contribution in [3.8, 4) is 0 Å². The van der Waals surface area contributed by atoms with Crippen LogP contribution in [-0.2, 0) is 19.9 Å². The van der Waals surface area contributed by atoms with Gasteiger partial charge in [0.2, 0.25) is 11.8 Å². The number of nitrogens with one attached hydrogen (secondary N) is 1. The maximum absolute atomic E-state index is 12.8. The van der Waals surface area contributed by atoms with Gasteiger partial charge in [0.05, 0.1) is 13.2 Å². The Morgan fingerprint density at radius 1 is 1.15 bits per heavy atom. The molecule has 27 heavy (non-hydrogen) atoms. The molecule has 1 aromatic rings. The van der Waals surface area contributed by atoms with Gasteiger partial charge in [-0.15, -0.1) is 24.8 Å². The number of rotatable bonds is 7. The molecule has 1 aliphatic rings. The number of nitrogens with two attached hydrogens (primary N) is 1. The molecule has 7 nitrogen and oxygen atoms in total. The van der Waals surface area contributed by atoms with Crippen molar-refractivity contribution in [3.05, 3.63) is 35.9 Å². The fourth-order valence-electron chi connectivity index (χ4n) is 2.90. The van der Waals surface area contributed by atoms with Crippen molar-refractivity contribution in [1.29, 1.82) is 0 Å². The van der Waals surface area contributed by atoms with Crippen LogP contribution < -0.4 is 11.1 Å². The standard InChI is InChI=1S/C18H28N4O3.2ClH/c1-18(19,15-6-4-3-5-7-15)17(24)22-11-9-21(10-12-22)14-16(23)20-8-13-25-2;;/h3-7H,8-14,19H2,1-2H3,(H,20,23);2*1H. The SMILES string of the molecule is COCCNC(=O)CN1CCN(C(=O)C(C)(N)c2ccccc2)CC1.Cl.Cl. The van der Waals surface area contributed by atoms with Crippen LogP contribution >= 0.6 is 24.8 Å². The van der Waals surface area contributed by atoms with Crippen molar-refractivity contribution in [1.82, 2.24) is 15.1 Å². The molecule has 1 fully saturated rings. The van der Waals surface area contributed by atoms with Crippen LogP contribution in [0.1, 0.15) is 12.5 Å². The van der Waals surface area contributed by atoms with E-state index in [9.17, 15) is 9.59 Å². The van der Waals surface area contributed by atoms with E-state index in [2.05, 4.69) is 5.32 Å². The fraction of sp³-hybridized carbons (Fsp3) is 0.556. The van der Waals surface area contributed by atoms with Crippen molar-refractivity contribution in [2.45, 2.75) is 12.5 Å². The minimum absolute atomic E-state index is 0. The molecular formula is C18H30Cl2N4O3. The van der Waals surface area contributed by atoms with Crippen molar-refractivity contribution < 1.29 is 14.3 Å². The molecule has 1 unspecified atom stereocenters. The summed E-state index contributed by atoms with van der Waals surface area (Å²) in [7, 11) is 1.60. The first-order valence-corrected chi connectivity index (χ1v) is 8.57. The predicted octanol–water partition coefficient (Wildman–Crippen LogP) is 0.611. The number of hydrogen-bond acceptors (Lipinski definition) is 5. The lowest BCUT2D eigenvalue weighted by Crippen LogP contribution is -2.57. The van der Waals surface area contributed by atoms with E-state index in [0.29, 0.717) is 45.9 Å². The number of carbonyl (C=O) groups is 2. The monoisotopic (exact) mass is 420 g/mol. The van der Waals surface area contributed by atoms with Crippen molar-refractivity contribution in [2.75, 3.05) is 53.0 Å². The van der Waals surface area contributed by atoms with Gasteiger partial charge in [0.15, 0.2) is 0 Å². The first-order chi connectivity index (χ1) is 11.9. The summed E-state index contributed by atoms with van der Waals surface area (Å²) >= 11 is 0. The highest BCUT2D eigenvalue weighted by molar-refractivity contribution is 5.87. The van der Waals surface area contributed by atoms with Gasteiger partial charge in [0, 0.05) is 39.8 Å². The van der Waals surface area contributed by atoms with Crippen molar-refractivity contribution in [2.24, 2.45) is 5.73 Å².